The van der Waals surface area contributed by atoms with Crippen molar-refractivity contribution in [1.29, 1.82) is 0 Å². The summed E-state index contributed by atoms with van der Waals surface area (Å²) in [6.45, 7) is 0. The maximum atomic E-state index is 8.79. The van der Waals surface area contributed by atoms with Crippen molar-refractivity contribution in [3.05, 3.63) is 0 Å². The summed E-state index contributed by atoms with van der Waals surface area (Å²) < 4.78 is -1.12. The average Bonchev–Trinajstić information content (AvgIpc) is 2.42. The molecule has 0 aliphatic heterocycles. The van der Waals surface area contributed by atoms with Crippen LogP contribution in [0.5, 0.6) is 0 Å². The molecule has 0 amide bonds. The molecule has 1 saturated carbocycles. The van der Waals surface area contributed by atoms with Crippen molar-refractivity contribution in [2.24, 2.45) is 5.92 Å². The van der Waals surface area contributed by atoms with Crippen molar-refractivity contribution in [3.63, 3.8) is 0 Å². The van der Waals surface area contributed by atoms with E-state index in [1.54, 1.807) is 0 Å². The van der Waals surface area contributed by atoms with E-state index in [2.05, 4.69) is 0 Å². The Morgan fingerprint density at radius 3 is 2.00 bits per heavy atom. The van der Waals surface area contributed by atoms with Crippen LogP contribution in [-0.4, -0.2) is 15.0 Å². The molecule has 1 N–H and O–H groups in total. The standard InChI is InChI=1S/C5H7Cl3O/c6-4(9)5(7,8)3-1-2-3/h3-4,9H,1-2H2. The lowest BCUT2D eigenvalue weighted by atomic mass is 10.3. The van der Waals surface area contributed by atoms with Crippen LogP contribution in [0.2, 0.25) is 0 Å². The predicted octanol–water partition coefficient (Wildman–Crippen LogP) is 2.13. The van der Waals surface area contributed by atoms with Gasteiger partial charge in [0.1, 0.15) is 0 Å². The normalized spacial score (nSPS) is 24.0. The van der Waals surface area contributed by atoms with Gasteiger partial charge in [0.15, 0.2) is 9.90 Å². The zero-order chi connectivity index (χ0) is 7.07. The molecule has 0 spiro atoms. The molecule has 1 fully saturated rings. The Kier molecular flexibility index (Phi) is 2.17. The summed E-state index contributed by atoms with van der Waals surface area (Å²) in [4.78, 5) is 0. The molecule has 1 unspecified atom stereocenters. The van der Waals surface area contributed by atoms with E-state index in [1.165, 1.54) is 0 Å². The highest BCUT2D eigenvalue weighted by molar-refractivity contribution is 6.52. The minimum absolute atomic E-state index is 0.188. The molecule has 1 atom stereocenters. The van der Waals surface area contributed by atoms with Gasteiger partial charge in [-0.15, -0.1) is 0 Å². The minimum atomic E-state index is -1.15. The Balaban J connectivity index is 2.48. The third-order valence-corrected chi connectivity index (χ3v) is 3.04. The summed E-state index contributed by atoms with van der Waals surface area (Å²) in [5.41, 5.74) is -1.15. The average molecular weight is 189 g/mol. The largest absolute Gasteiger partial charge is 0.374 e. The van der Waals surface area contributed by atoms with Gasteiger partial charge in [0.2, 0.25) is 0 Å². The van der Waals surface area contributed by atoms with Gasteiger partial charge in [-0.1, -0.05) is 34.8 Å². The summed E-state index contributed by atoms with van der Waals surface area (Å²) in [6, 6.07) is 0. The van der Waals surface area contributed by atoms with Crippen molar-refractivity contribution in [2.75, 3.05) is 0 Å². The highest BCUT2D eigenvalue weighted by Crippen LogP contribution is 2.49. The first-order chi connectivity index (χ1) is 4.05. The van der Waals surface area contributed by atoms with Gasteiger partial charge in [-0.2, -0.15) is 0 Å². The third kappa shape index (κ3) is 1.64. The van der Waals surface area contributed by atoms with Gasteiger partial charge in [-0.25, -0.2) is 0 Å². The Labute approximate surface area is 68.9 Å². The molecule has 0 heterocycles. The summed E-state index contributed by atoms with van der Waals surface area (Å²) in [5.74, 6) is 0.188. The molecule has 1 nitrogen and oxygen atoms in total. The highest BCUT2D eigenvalue weighted by Gasteiger charge is 2.47. The first-order valence-corrected chi connectivity index (χ1v) is 3.94. The molecule has 4 heteroatoms. The molecule has 1 aliphatic rings. The molecule has 0 aromatic carbocycles. The smallest absolute Gasteiger partial charge is 0.161 e. The maximum Gasteiger partial charge on any atom is 0.161 e. The number of rotatable bonds is 2. The van der Waals surface area contributed by atoms with Crippen LogP contribution in [0.25, 0.3) is 0 Å². The summed E-state index contributed by atoms with van der Waals surface area (Å²) in [7, 11) is 0. The van der Waals surface area contributed by atoms with E-state index in [0.717, 1.165) is 12.8 Å². The van der Waals surface area contributed by atoms with Crippen molar-refractivity contribution < 1.29 is 5.11 Å². The Bertz CT molecular complexity index is 105. The topological polar surface area (TPSA) is 20.2 Å². The van der Waals surface area contributed by atoms with E-state index in [-0.39, 0.29) is 5.92 Å². The number of alkyl halides is 3. The van der Waals surface area contributed by atoms with Crippen LogP contribution < -0.4 is 0 Å². The summed E-state index contributed by atoms with van der Waals surface area (Å²) in [5, 5.41) is 8.79. The molecular formula is C5H7Cl3O. The minimum Gasteiger partial charge on any atom is -0.374 e. The lowest BCUT2D eigenvalue weighted by Gasteiger charge is -2.19. The summed E-state index contributed by atoms with van der Waals surface area (Å²) in [6.07, 6.45) is 1.94. The Hall–Kier alpha value is 0.830. The molecule has 9 heavy (non-hydrogen) atoms. The van der Waals surface area contributed by atoms with Crippen LogP contribution in [0.3, 0.4) is 0 Å². The molecule has 0 aromatic rings. The zero-order valence-electron chi connectivity index (χ0n) is 4.65. The molecule has 0 saturated heterocycles. The van der Waals surface area contributed by atoms with Gasteiger partial charge < -0.3 is 5.11 Å². The molecular weight excluding hydrogens is 182 g/mol. The number of aliphatic hydroxyl groups is 1. The fraction of sp³-hybridized carbons (Fsp3) is 1.00. The zero-order valence-corrected chi connectivity index (χ0v) is 6.92. The number of aliphatic hydroxyl groups excluding tert-OH is 1. The van der Waals surface area contributed by atoms with Crippen LogP contribution in [0.4, 0.5) is 0 Å². The van der Waals surface area contributed by atoms with Gasteiger partial charge in [0.05, 0.1) is 0 Å². The molecule has 54 valence electrons. The fourth-order valence-corrected chi connectivity index (χ4v) is 1.28. The van der Waals surface area contributed by atoms with Crippen molar-refractivity contribution in [2.45, 2.75) is 22.7 Å². The van der Waals surface area contributed by atoms with Gasteiger partial charge in [-0.3, -0.25) is 0 Å². The summed E-state index contributed by atoms with van der Waals surface area (Å²) >= 11 is 16.6. The quantitative estimate of drug-likeness (QED) is 0.660. The van der Waals surface area contributed by atoms with E-state index in [1.807, 2.05) is 0 Å². The first-order valence-electron chi connectivity index (χ1n) is 2.75. The van der Waals surface area contributed by atoms with E-state index in [4.69, 9.17) is 39.9 Å². The van der Waals surface area contributed by atoms with Crippen molar-refractivity contribution in [3.8, 4) is 0 Å². The molecule has 1 rings (SSSR count). The van der Waals surface area contributed by atoms with Gasteiger partial charge in [0.25, 0.3) is 0 Å². The van der Waals surface area contributed by atoms with Crippen LogP contribution in [0.15, 0.2) is 0 Å². The predicted molar refractivity (Wildman–Crippen MR) is 39.0 cm³/mol. The second-order valence-electron chi connectivity index (χ2n) is 2.28. The highest BCUT2D eigenvalue weighted by atomic mass is 35.5. The van der Waals surface area contributed by atoms with Crippen LogP contribution in [0, 0.1) is 5.92 Å². The van der Waals surface area contributed by atoms with Gasteiger partial charge in [0, 0.05) is 0 Å². The number of halogens is 3. The maximum absolute atomic E-state index is 8.79. The first kappa shape index (κ1) is 7.93. The molecule has 0 radical (unpaired) electrons. The van der Waals surface area contributed by atoms with Gasteiger partial charge >= 0.3 is 0 Å². The monoisotopic (exact) mass is 188 g/mol. The lowest BCUT2D eigenvalue weighted by Crippen LogP contribution is -2.28. The van der Waals surface area contributed by atoms with E-state index < -0.39 is 9.90 Å². The number of hydrogen-bond acceptors (Lipinski definition) is 1. The van der Waals surface area contributed by atoms with E-state index in [0.29, 0.717) is 0 Å². The SMILES string of the molecule is OC(Cl)C(Cl)(Cl)C1CC1. The van der Waals surface area contributed by atoms with Crippen molar-refractivity contribution >= 4 is 34.8 Å². The van der Waals surface area contributed by atoms with E-state index in [9.17, 15) is 0 Å². The Morgan fingerprint density at radius 1 is 1.44 bits per heavy atom. The Morgan fingerprint density at radius 2 is 1.89 bits per heavy atom. The van der Waals surface area contributed by atoms with Gasteiger partial charge in [-0.05, 0) is 18.8 Å². The van der Waals surface area contributed by atoms with Crippen LogP contribution >= 0.6 is 34.8 Å². The van der Waals surface area contributed by atoms with Crippen molar-refractivity contribution in [1.82, 2.24) is 0 Å². The third-order valence-electron chi connectivity index (χ3n) is 1.44. The van der Waals surface area contributed by atoms with Crippen LogP contribution in [-0.2, 0) is 0 Å². The van der Waals surface area contributed by atoms with Crippen LogP contribution in [0.1, 0.15) is 12.8 Å². The number of hydrogen-bond donors (Lipinski definition) is 1. The lowest BCUT2D eigenvalue weighted by molar-refractivity contribution is 0.226. The second-order valence-corrected chi connectivity index (χ2v) is 4.14. The second kappa shape index (κ2) is 2.46. The molecule has 0 bridgehead atoms. The molecule has 1 aliphatic carbocycles. The molecule has 0 aromatic heterocycles. The van der Waals surface area contributed by atoms with E-state index >= 15 is 0 Å². The fourth-order valence-electron chi connectivity index (χ4n) is 0.663.